The number of hydrogen-bond donors (Lipinski definition) is 0. The molecule has 0 amide bonds. The lowest BCUT2D eigenvalue weighted by molar-refractivity contribution is -0.384. The van der Waals surface area contributed by atoms with Crippen molar-refractivity contribution in [1.82, 2.24) is 0 Å². The minimum absolute atomic E-state index is 0.102. The minimum atomic E-state index is -1.60. The number of anilines is 1. The molecule has 0 saturated carbocycles. The Hall–Kier alpha value is -4.39. The molecule has 0 N–H and O–H groups in total. The second-order valence-corrected chi connectivity index (χ2v) is 11.2. The van der Waals surface area contributed by atoms with Crippen LogP contribution in [0.2, 0.25) is 0 Å². The van der Waals surface area contributed by atoms with Crippen LogP contribution in [-0.2, 0) is 4.79 Å². The van der Waals surface area contributed by atoms with Gasteiger partial charge in [0.1, 0.15) is 5.41 Å². The molecule has 7 heteroatoms. The van der Waals surface area contributed by atoms with Crippen molar-refractivity contribution >= 4 is 34.8 Å². The summed E-state index contributed by atoms with van der Waals surface area (Å²) in [6.07, 6.45) is 3.79. The lowest BCUT2D eigenvalue weighted by Crippen LogP contribution is -2.49. The maximum atomic E-state index is 14.5. The van der Waals surface area contributed by atoms with Gasteiger partial charge in [-0.2, -0.15) is 0 Å². The van der Waals surface area contributed by atoms with Gasteiger partial charge in [0, 0.05) is 40.3 Å². The number of nitrogens with zero attached hydrogens (tertiary/aromatic N) is 2. The summed E-state index contributed by atoms with van der Waals surface area (Å²) in [5.74, 6) is -1.60. The molecule has 1 spiro atoms. The first-order chi connectivity index (χ1) is 18.1. The Morgan fingerprint density at radius 3 is 2.05 bits per heavy atom. The second kappa shape index (κ2) is 8.05. The van der Waals surface area contributed by atoms with Gasteiger partial charge < -0.3 is 4.90 Å². The number of non-ortho nitro benzene ring substituents is 1. The first-order valence-electron chi connectivity index (χ1n) is 12.6. The standard InChI is InChI=1S/C31H26N2O5/c1-30(2,3)29(36)26-25(19-12-15-20(16-13-19)33(37)38)31(27(34)21-9-5-6-10-22(21)28(31)35)24-17-14-18-8-4-7-11-23(18)32(24)26/h4-17,24-26H,1-3H3/t24-,25+,26+/m1/s1. The number of carbonyl (C=O) groups excluding carboxylic acids is 3. The number of nitro groups is 1. The Kier molecular flexibility index (Phi) is 5.08. The topological polar surface area (TPSA) is 97.6 Å². The third kappa shape index (κ3) is 3.05. The fraction of sp³-hybridized carbons (Fsp3) is 0.258. The first kappa shape index (κ1) is 24.0. The van der Waals surface area contributed by atoms with Crippen molar-refractivity contribution < 1.29 is 19.3 Å². The van der Waals surface area contributed by atoms with Gasteiger partial charge in [0.25, 0.3) is 5.69 Å². The van der Waals surface area contributed by atoms with Crippen molar-refractivity contribution in [2.45, 2.75) is 38.8 Å². The molecule has 2 heterocycles. The number of fused-ring (bicyclic) bond motifs is 5. The van der Waals surface area contributed by atoms with E-state index in [1.165, 1.54) is 12.1 Å². The van der Waals surface area contributed by atoms with E-state index in [9.17, 15) is 24.5 Å². The van der Waals surface area contributed by atoms with Crippen LogP contribution < -0.4 is 4.90 Å². The van der Waals surface area contributed by atoms with Crippen LogP contribution in [0.1, 0.15) is 58.5 Å². The van der Waals surface area contributed by atoms with Crippen molar-refractivity contribution in [3.63, 3.8) is 0 Å². The number of nitro benzene ring substituents is 1. The zero-order valence-electron chi connectivity index (χ0n) is 21.3. The van der Waals surface area contributed by atoms with Gasteiger partial charge in [-0.05, 0) is 17.2 Å². The van der Waals surface area contributed by atoms with Gasteiger partial charge in [0.05, 0.1) is 17.0 Å². The normalized spacial score (nSPS) is 22.8. The molecule has 38 heavy (non-hydrogen) atoms. The molecule has 3 atom stereocenters. The Labute approximate surface area is 219 Å². The zero-order valence-corrected chi connectivity index (χ0v) is 21.3. The van der Waals surface area contributed by atoms with E-state index in [-0.39, 0.29) is 23.0 Å². The molecule has 3 aromatic carbocycles. The quantitative estimate of drug-likeness (QED) is 0.259. The SMILES string of the molecule is CC(C)(C)C(=O)[C@@H]1[C@H](c2ccc([N+](=O)[O-])cc2)C2(C(=O)c3ccccc3C2=O)[C@H]2C=Cc3ccccc3N12. The van der Waals surface area contributed by atoms with E-state index in [1.807, 2.05) is 62.1 Å². The summed E-state index contributed by atoms with van der Waals surface area (Å²) in [6, 6.07) is 18.8. The third-order valence-corrected chi connectivity index (χ3v) is 8.18. The van der Waals surface area contributed by atoms with E-state index in [1.54, 1.807) is 36.4 Å². The maximum absolute atomic E-state index is 14.5. The predicted octanol–water partition coefficient (Wildman–Crippen LogP) is 5.64. The van der Waals surface area contributed by atoms with Gasteiger partial charge in [-0.3, -0.25) is 24.5 Å². The lowest BCUT2D eigenvalue weighted by Gasteiger charge is -2.38. The van der Waals surface area contributed by atoms with Crippen LogP contribution in [0.5, 0.6) is 0 Å². The molecule has 0 unspecified atom stereocenters. The van der Waals surface area contributed by atoms with Gasteiger partial charge in [0.15, 0.2) is 17.3 Å². The van der Waals surface area contributed by atoms with E-state index in [0.717, 1.165) is 11.3 Å². The van der Waals surface area contributed by atoms with Crippen molar-refractivity contribution in [2.24, 2.45) is 10.8 Å². The van der Waals surface area contributed by atoms with Crippen LogP contribution in [0.3, 0.4) is 0 Å². The Morgan fingerprint density at radius 1 is 0.895 bits per heavy atom. The fourth-order valence-corrected chi connectivity index (χ4v) is 6.54. The molecule has 0 aromatic heterocycles. The highest BCUT2D eigenvalue weighted by atomic mass is 16.6. The lowest BCUT2D eigenvalue weighted by atomic mass is 9.63. The number of ketones is 3. The molecule has 3 aliphatic rings. The predicted molar refractivity (Wildman–Crippen MR) is 143 cm³/mol. The molecule has 2 aliphatic heterocycles. The molecule has 1 aliphatic carbocycles. The molecule has 1 fully saturated rings. The Bertz CT molecular complexity index is 1530. The highest BCUT2D eigenvalue weighted by Crippen LogP contribution is 2.61. The average Bonchev–Trinajstić information content (AvgIpc) is 3.34. The monoisotopic (exact) mass is 506 g/mol. The van der Waals surface area contributed by atoms with Crippen LogP contribution in [0.25, 0.3) is 6.08 Å². The van der Waals surface area contributed by atoms with Gasteiger partial charge in [-0.15, -0.1) is 0 Å². The smallest absolute Gasteiger partial charge is 0.269 e. The molecular weight excluding hydrogens is 480 g/mol. The van der Waals surface area contributed by atoms with E-state index in [0.29, 0.717) is 16.7 Å². The summed E-state index contributed by atoms with van der Waals surface area (Å²) in [7, 11) is 0. The van der Waals surface area contributed by atoms with Crippen molar-refractivity contribution in [1.29, 1.82) is 0 Å². The van der Waals surface area contributed by atoms with Gasteiger partial charge in [-0.1, -0.05) is 87.5 Å². The molecule has 6 rings (SSSR count). The van der Waals surface area contributed by atoms with Gasteiger partial charge >= 0.3 is 0 Å². The van der Waals surface area contributed by atoms with Crippen molar-refractivity contribution in [3.8, 4) is 0 Å². The van der Waals surface area contributed by atoms with Crippen LogP contribution in [-0.4, -0.2) is 34.4 Å². The van der Waals surface area contributed by atoms with Crippen LogP contribution in [0.15, 0.2) is 78.9 Å². The third-order valence-electron chi connectivity index (χ3n) is 8.18. The summed E-state index contributed by atoms with van der Waals surface area (Å²) >= 11 is 0. The van der Waals surface area contributed by atoms with E-state index in [4.69, 9.17) is 0 Å². The summed E-state index contributed by atoms with van der Waals surface area (Å²) in [5.41, 5.74) is 0.431. The number of hydrogen-bond acceptors (Lipinski definition) is 6. The minimum Gasteiger partial charge on any atom is -0.352 e. The summed E-state index contributed by atoms with van der Waals surface area (Å²) < 4.78 is 0. The summed E-state index contributed by atoms with van der Waals surface area (Å²) in [5, 5.41) is 11.4. The molecule has 190 valence electrons. The Morgan fingerprint density at radius 2 is 1.47 bits per heavy atom. The van der Waals surface area contributed by atoms with Crippen LogP contribution >= 0.6 is 0 Å². The summed E-state index contributed by atoms with van der Waals surface area (Å²) in [6.45, 7) is 5.50. The number of benzene rings is 3. The first-order valence-corrected chi connectivity index (χ1v) is 12.6. The molecule has 0 bridgehead atoms. The Balaban J connectivity index is 1.68. The zero-order chi connectivity index (χ0) is 27.0. The van der Waals surface area contributed by atoms with E-state index in [2.05, 4.69) is 0 Å². The average molecular weight is 507 g/mol. The van der Waals surface area contributed by atoms with Crippen LogP contribution in [0.4, 0.5) is 11.4 Å². The molecule has 0 radical (unpaired) electrons. The second-order valence-electron chi connectivity index (χ2n) is 11.2. The number of carbonyl (C=O) groups is 3. The van der Waals surface area contributed by atoms with E-state index < -0.39 is 33.8 Å². The van der Waals surface area contributed by atoms with Crippen LogP contribution in [0, 0.1) is 20.9 Å². The molecular formula is C31H26N2O5. The number of Topliss-reactive ketones (excluding diaryl/α,β-unsaturated/α-hetero) is 3. The number of para-hydroxylation sites is 1. The van der Waals surface area contributed by atoms with Crippen molar-refractivity contribution in [3.05, 3.63) is 111 Å². The van der Waals surface area contributed by atoms with Crippen molar-refractivity contribution in [2.75, 3.05) is 4.90 Å². The highest BCUT2D eigenvalue weighted by molar-refractivity contribution is 6.32. The molecule has 3 aromatic rings. The number of rotatable bonds is 3. The molecule has 7 nitrogen and oxygen atoms in total. The van der Waals surface area contributed by atoms with E-state index >= 15 is 0 Å². The summed E-state index contributed by atoms with van der Waals surface area (Å²) in [4.78, 5) is 56.1. The largest absolute Gasteiger partial charge is 0.352 e. The fourth-order valence-electron chi connectivity index (χ4n) is 6.54. The maximum Gasteiger partial charge on any atom is 0.269 e. The highest BCUT2D eigenvalue weighted by Gasteiger charge is 2.71. The van der Waals surface area contributed by atoms with Gasteiger partial charge in [-0.25, -0.2) is 0 Å². The van der Waals surface area contributed by atoms with Gasteiger partial charge in [0.2, 0.25) is 0 Å². The molecule has 1 saturated heterocycles.